The Morgan fingerprint density at radius 3 is 2.78 bits per heavy atom. The van der Waals surface area contributed by atoms with Crippen LogP contribution in [0.1, 0.15) is 24.1 Å². The monoisotopic (exact) mass is 248 g/mol. The molecule has 0 radical (unpaired) electrons. The number of hydrogen-bond acceptors (Lipinski definition) is 4. The van der Waals surface area contributed by atoms with Gasteiger partial charge < -0.3 is 11.5 Å². The van der Waals surface area contributed by atoms with E-state index in [2.05, 4.69) is 9.88 Å². The van der Waals surface area contributed by atoms with Crippen LogP contribution in [0.5, 0.6) is 0 Å². The van der Waals surface area contributed by atoms with Crippen LogP contribution in [0.2, 0.25) is 0 Å². The molecule has 0 unspecified atom stereocenters. The minimum Gasteiger partial charge on any atom is -0.369 e. The van der Waals surface area contributed by atoms with Crippen LogP contribution in [-0.2, 0) is 17.9 Å². The van der Waals surface area contributed by atoms with Crippen LogP contribution in [-0.4, -0.2) is 28.9 Å². The van der Waals surface area contributed by atoms with Crippen LogP contribution >= 0.6 is 0 Å². The third kappa shape index (κ3) is 3.27. The van der Waals surface area contributed by atoms with Gasteiger partial charge in [-0.1, -0.05) is 0 Å². The molecule has 18 heavy (non-hydrogen) atoms. The summed E-state index contributed by atoms with van der Waals surface area (Å²) in [5, 5.41) is 0. The summed E-state index contributed by atoms with van der Waals surface area (Å²) in [5.41, 5.74) is 13.0. The summed E-state index contributed by atoms with van der Waals surface area (Å²) in [4.78, 5) is 17.6. The van der Waals surface area contributed by atoms with Crippen molar-refractivity contribution in [3.05, 3.63) is 29.6 Å². The topological polar surface area (TPSA) is 85.2 Å². The van der Waals surface area contributed by atoms with E-state index < -0.39 is 0 Å². The summed E-state index contributed by atoms with van der Waals surface area (Å²) in [5.74, 6) is -0.109. The van der Waals surface area contributed by atoms with Crippen molar-refractivity contribution in [2.24, 2.45) is 17.4 Å². The fourth-order valence-corrected chi connectivity index (χ4v) is 2.37. The molecule has 2 heterocycles. The largest absolute Gasteiger partial charge is 0.369 e. The van der Waals surface area contributed by atoms with E-state index in [9.17, 15) is 4.79 Å². The van der Waals surface area contributed by atoms with E-state index in [0.717, 1.165) is 38.2 Å². The molecule has 5 nitrogen and oxygen atoms in total. The van der Waals surface area contributed by atoms with Gasteiger partial charge in [0.25, 0.3) is 0 Å². The second-order valence-electron chi connectivity index (χ2n) is 4.81. The normalized spacial score (nSPS) is 17.8. The number of carbonyl (C=O) groups is 1. The Bertz CT molecular complexity index is 413. The minimum atomic E-state index is -0.163. The molecule has 1 aromatic rings. The van der Waals surface area contributed by atoms with Gasteiger partial charge in [0.05, 0.1) is 5.69 Å². The molecule has 2 rings (SSSR count). The lowest BCUT2D eigenvalue weighted by atomic mass is 9.96. The quantitative estimate of drug-likeness (QED) is 0.799. The molecule has 0 aromatic carbocycles. The first-order chi connectivity index (χ1) is 8.69. The number of nitrogens with zero attached hydrogens (tertiary/aromatic N) is 2. The molecule has 0 saturated carbocycles. The number of rotatable bonds is 4. The second kappa shape index (κ2) is 5.93. The van der Waals surface area contributed by atoms with E-state index in [1.807, 2.05) is 12.1 Å². The number of nitrogens with two attached hydrogens (primary N) is 2. The van der Waals surface area contributed by atoms with Crippen LogP contribution in [0, 0.1) is 5.92 Å². The van der Waals surface area contributed by atoms with E-state index in [0.29, 0.717) is 6.54 Å². The van der Waals surface area contributed by atoms with Gasteiger partial charge in [-0.3, -0.25) is 14.7 Å². The molecule has 1 aromatic heterocycles. The summed E-state index contributed by atoms with van der Waals surface area (Å²) >= 11 is 0. The van der Waals surface area contributed by atoms with Crippen LogP contribution in [0.15, 0.2) is 18.3 Å². The van der Waals surface area contributed by atoms with Crippen LogP contribution in [0.25, 0.3) is 0 Å². The zero-order valence-corrected chi connectivity index (χ0v) is 10.5. The smallest absolute Gasteiger partial charge is 0.220 e. The molecule has 5 heteroatoms. The fourth-order valence-electron chi connectivity index (χ4n) is 2.37. The van der Waals surface area contributed by atoms with Gasteiger partial charge >= 0.3 is 0 Å². The van der Waals surface area contributed by atoms with Crippen molar-refractivity contribution in [2.75, 3.05) is 13.1 Å². The molecular weight excluding hydrogens is 228 g/mol. The SMILES string of the molecule is NCc1cc(CN2CCC(C(N)=O)CC2)ccn1. The highest BCUT2D eigenvalue weighted by molar-refractivity contribution is 5.76. The van der Waals surface area contributed by atoms with Gasteiger partial charge in [-0.05, 0) is 43.6 Å². The molecule has 1 saturated heterocycles. The van der Waals surface area contributed by atoms with Crippen molar-refractivity contribution in [1.29, 1.82) is 0 Å². The average Bonchev–Trinajstić information content (AvgIpc) is 2.39. The van der Waals surface area contributed by atoms with E-state index in [1.54, 1.807) is 6.20 Å². The first kappa shape index (κ1) is 13.0. The summed E-state index contributed by atoms with van der Waals surface area (Å²) in [7, 11) is 0. The molecule has 0 bridgehead atoms. The van der Waals surface area contributed by atoms with Crippen molar-refractivity contribution >= 4 is 5.91 Å². The maximum absolute atomic E-state index is 11.1. The minimum absolute atomic E-state index is 0.0540. The summed E-state index contributed by atoms with van der Waals surface area (Å²) in [6, 6.07) is 4.06. The van der Waals surface area contributed by atoms with Crippen molar-refractivity contribution in [3.8, 4) is 0 Å². The highest BCUT2D eigenvalue weighted by atomic mass is 16.1. The predicted molar refractivity (Wildman–Crippen MR) is 69.3 cm³/mol. The van der Waals surface area contributed by atoms with Gasteiger partial charge in [-0.15, -0.1) is 0 Å². The Hall–Kier alpha value is -1.46. The van der Waals surface area contributed by atoms with Crippen molar-refractivity contribution in [2.45, 2.75) is 25.9 Å². The zero-order chi connectivity index (χ0) is 13.0. The Morgan fingerprint density at radius 2 is 2.17 bits per heavy atom. The fraction of sp³-hybridized carbons (Fsp3) is 0.538. The summed E-state index contributed by atoms with van der Waals surface area (Å²) in [6.45, 7) is 3.21. The standard InChI is InChI=1S/C13H20N4O/c14-8-12-7-10(1-4-16-12)9-17-5-2-11(3-6-17)13(15)18/h1,4,7,11H,2-3,5-6,8-9,14H2,(H2,15,18). The Morgan fingerprint density at radius 1 is 1.44 bits per heavy atom. The van der Waals surface area contributed by atoms with Crippen LogP contribution in [0.4, 0.5) is 0 Å². The van der Waals surface area contributed by atoms with Gasteiger partial charge in [-0.2, -0.15) is 0 Å². The Labute approximate surface area is 107 Å². The second-order valence-corrected chi connectivity index (χ2v) is 4.81. The van der Waals surface area contributed by atoms with Crippen molar-refractivity contribution in [3.63, 3.8) is 0 Å². The number of amides is 1. The molecule has 0 aliphatic carbocycles. The molecule has 98 valence electrons. The number of likely N-dealkylation sites (tertiary alicyclic amines) is 1. The van der Waals surface area contributed by atoms with Crippen molar-refractivity contribution < 1.29 is 4.79 Å². The maximum atomic E-state index is 11.1. The highest BCUT2D eigenvalue weighted by Crippen LogP contribution is 2.18. The average molecular weight is 248 g/mol. The third-order valence-electron chi connectivity index (χ3n) is 3.49. The first-order valence-electron chi connectivity index (χ1n) is 6.34. The van der Waals surface area contributed by atoms with E-state index in [4.69, 9.17) is 11.5 Å². The van der Waals surface area contributed by atoms with E-state index in [1.165, 1.54) is 5.56 Å². The number of primary amides is 1. The Kier molecular flexibility index (Phi) is 4.28. The molecule has 0 atom stereocenters. The van der Waals surface area contributed by atoms with Gasteiger partial charge in [0.2, 0.25) is 5.91 Å². The highest BCUT2D eigenvalue weighted by Gasteiger charge is 2.22. The molecule has 4 N–H and O–H groups in total. The molecule has 1 aliphatic heterocycles. The zero-order valence-electron chi connectivity index (χ0n) is 10.5. The number of hydrogen-bond donors (Lipinski definition) is 2. The van der Waals surface area contributed by atoms with E-state index in [-0.39, 0.29) is 11.8 Å². The Balaban J connectivity index is 1.89. The van der Waals surface area contributed by atoms with E-state index >= 15 is 0 Å². The number of pyridine rings is 1. The number of piperidine rings is 1. The van der Waals surface area contributed by atoms with Gasteiger partial charge in [-0.25, -0.2) is 0 Å². The molecular formula is C13H20N4O. The molecule has 0 spiro atoms. The van der Waals surface area contributed by atoms with Crippen LogP contribution in [0.3, 0.4) is 0 Å². The predicted octanol–water partition coefficient (Wildman–Crippen LogP) is 0.238. The third-order valence-corrected chi connectivity index (χ3v) is 3.49. The summed E-state index contributed by atoms with van der Waals surface area (Å²) < 4.78 is 0. The molecule has 1 aliphatic rings. The first-order valence-corrected chi connectivity index (χ1v) is 6.34. The molecule has 1 fully saturated rings. The summed E-state index contributed by atoms with van der Waals surface area (Å²) in [6.07, 6.45) is 3.53. The maximum Gasteiger partial charge on any atom is 0.220 e. The lowest BCUT2D eigenvalue weighted by Crippen LogP contribution is -2.38. The van der Waals surface area contributed by atoms with Gasteiger partial charge in [0, 0.05) is 25.2 Å². The number of carbonyl (C=O) groups excluding carboxylic acids is 1. The van der Waals surface area contributed by atoms with Gasteiger partial charge in [0.1, 0.15) is 0 Å². The van der Waals surface area contributed by atoms with Crippen LogP contribution < -0.4 is 11.5 Å². The molecule has 1 amide bonds. The van der Waals surface area contributed by atoms with Crippen molar-refractivity contribution in [1.82, 2.24) is 9.88 Å². The van der Waals surface area contributed by atoms with Gasteiger partial charge in [0.15, 0.2) is 0 Å². The lowest BCUT2D eigenvalue weighted by Gasteiger charge is -2.30. The number of aromatic nitrogens is 1. The lowest BCUT2D eigenvalue weighted by molar-refractivity contribution is -0.123.